The summed E-state index contributed by atoms with van der Waals surface area (Å²) in [7, 11) is 0. The molecule has 0 unspecified atom stereocenters. The Hall–Kier alpha value is -0.0805. The first-order valence-electron chi connectivity index (χ1n) is 5.64. The molecule has 0 heterocycles. The summed E-state index contributed by atoms with van der Waals surface area (Å²) in [6.07, 6.45) is 2.62. The quantitative estimate of drug-likeness (QED) is 0.312. The van der Waals surface area contributed by atoms with Gasteiger partial charge in [0.1, 0.15) is 0 Å². The first kappa shape index (κ1) is 15.0. The molecule has 0 nitrogen and oxygen atoms in total. The van der Waals surface area contributed by atoms with Gasteiger partial charge in [0.2, 0.25) is 0 Å². The van der Waals surface area contributed by atoms with Gasteiger partial charge in [-0.1, -0.05) is 0 Å². The molecule has 0 saturated carbocycles. The van der Waals surface area contributed by atoms with Crippen LogP contribution in [0, 0.1) is 0 Å². The van der Waals surface area contributed by atoms with E-state index in [1.165, 1.54) is 34.1 Å². The van der Waals surface area contributed by atoms with Crippen molar-refractivity contribution in [3.8, 4) is 0 Å². The summed E-state index contributed by atoms with van der Waals surface area (Å²) in [6.45, 7) is 0. The number of hydrogen-bond donors (Lipinski definition) is 0. The predicted molar refractivity (Wildman–Crippen MR) is 74.8 cm³/mol. The maximum absolute atomic E-state index is 2.18. The van der Waals surface area contributed by atoms with E-state index in [0.717, 1.165) is 0 Å². The Kier molecular flexibility index (Phi) is 7.87. The van der Waals surface area contributed by atoms with Crippen LogP contribution in [-0.4, -0.2) is 11.5 Å². The Morgan fingerprint density at radius 1 is 0.882 bits per heavy atom. The molecule has 0 bridgehead atoms. The van der Waals surface area contributed by atoms with Crippen molar-refractivity contribution in [3.05, 3.63) is 48.5 Å². The molecule has 0 spiro atoms. The molecular weight excluding hydrogens is 288 g/mol. The van der Waals surface area contributed by atoms with Gasteiger partial charge in [-0.25, -0.2) is 12.1 Å². The van der Waals surface area contributed by atoms with E-state index in [0.29, 0.717) is 0 Å². The summed E-state index contributed by atoms with van der Waals surface area (Å²) in [5.41, 5.74) is 0. The van der Waals surface area contributed by atoms with Crippen LogP contribution in [0.1, 0.15) is 12.8 Å². The maximum Gasteiger partial charge on any atom is 0 e. The average molecular weight is 304 g/mol. The fourth-order valence-electron chi connectivity index (χ4n) is 1.49. The number of rotatable bonds is 7. The van der Waals surface area contributed by atoms with Gasteiger partial charge in [-0.2, -0.15) is 23.9 Å². The SMILES string of the molecule is [Fe].c1cc[c-](SCCCCS[c-]2[cH-][cH-][cH-][cH-]2)c1. The van der Waals surface area contributed by atoms with Crippen LogP contribution in [0.3, 0.4) is 0 Å². The topological polar surface area (TPSA) is 0 Å². The van der Waals surface area contributed by atoms with E-state index >= 15 is 0 Å². The Bertz CT molecular complexity index is 327. The summed E-state index contributed by atoms with van der Waals surface area (Å²) in [6, 6.07) is 17.2. The molecule has 0 radical (unpaired) electrons. The van der Waals surface area contributed by atoms with Crippen molar-refractivity contribution in [1.82, 2.24) is 0 Å². The Balaban J connectivity index is 0.00000144. The fourth-order valence-corrected chi connectivity index (χ4v) is 3.36. The van der Waals surface area contributed by atoms with E-state index < -0.39 is 0 Å². The molecule has 2 aromatic carbocycles. The van der Waals surface area contributed by atoms with Gasteiger partial charge < -0.3 is 40.9 Å². The fraction of sp³-hybridized carbons (Fsp3) is 0.286. The van der Waals surface area contributed by atoms with E-state index in [-0.39, 0.29) is 17.1 Å². The molecule has 0 saturated heterocycles. The van der Waals surface area contributed by atoms with Crippen LogP contribution < -0.4 is 0 Å². The van der Waals surface area contributed by atoms with E-state index in [1.54, 1.807) is 0 Å². The van der Waals surface area contributed by atoms with Gasteiger partial charge in [-0.15, -0.1) is 4.90 Å². The summed E-state index contributed by atoms with van der Waals surface area (Å²) in [5, 5.41) is 0. The molecule has 3 heteroatoms. The Morgan fingerprint density at radius 2 is 1.47 bits per heavy atom. The third-order valence-corrected chi connectivity index (χ3v) is 4.54. The zero-order valence-electron chi connectivity index (χ0n) is 9.62. The monoisotopic (exact) mass is 304 g/mol. The van der Waals surface area contributed by atoms with Crippen molar-refractivity contribution < 1.29 is 17.1 Å². The molecule has 0 N–H and O–H groups in total. The first-order valence-corrected chi connectivity index (χ1v) is 7.61. The van der Waals surface area contributed by atoms with Crippen LogP contribution >= 0.6 is 23.5 Å². The summed E-state index contributed by atoms with van der Waals surface area (Å²) in [4.78, 5) is 2.81. The molecule has 0 aliphatic heterocycles. The van der Waals surface area contributed by atoms with Crippen LogP contribution in [0.15, 0.2) is 58.3 Å². The number of thioether (sulfide) groups is 2. The standard InChI is InChI=1S/C14H16S2.Fe/c1-2-8-13(7-1)15-11-5-6-12-16-14-9-3-4-10-14;/h1-4,7-10H,5-6,11-12H2;/q-6;. The van der Waals surface area contributed by atoms with Crippen molar-refractivity contribution in [1.29, 1.82) is 0 Å². The summed E-state index contributed by atoms with van der Waals surface area (Å²) < 4.78 is 0. The molecule has 0 aliphatic carbocycles. The molecule has 2 aromatic rings. The normalized spacial score (nSPS) is 10.1. The van der Waals surface area contributed by atoms with Gasteiger partial charge in [0, 0.05) is 17.1 Å². The largest absolute Gasteiger partial charge is 0.747 e. The van der Waals surface area contributed by atoms with Crippen LogP contribution in [0.4, 0.5) is 0 Å². The predicted octanol–water partition coefficient (Wildman–Crippen LogP) is 4.79. The minimum absolute atomic E-state index is 0. The van der Waals surface area contributed by atoms with Gasteiger partial charge in [0.25, 0.3) is 0 Å². The molecule has 0 amide bonds. The Labute approximate surface area is 123 Å². The van der Waals surface area contributed by atoms with Crippen molar-refractivity contribution >= 4 is 23.5 Å². The summed E-state index contributed by atoms with van der Waals surface area (Å²) >= 11 is 3.93. The van der Waals surface area contributed by atoms with Crippen LogP contribution in [-0.2, 0) is 17.1 Å². The third-order valence-electron chi connectivity index (χ3n) is 2.34. The van der Waals surface area contributed by atoms with Crippen molar-refractivity contribution in [2.24, 2.45) is 0 Å². The third kappa shape index (κ3) is 5.87. The van der Waals surface area contributed by atoms with Crippen LogP contribution in [0.25, 0.3) is 0 Å². The molecule has 0 fully saturated rings. The second-order valence-corrected chi connectivity index (χ2v) is 5.98. The van der Waals surface area contributed by atoms with Gasteiger partial charge in [-0.3, -0.25) is 0 Å². The molecule has 2 rings (SSSR count). The minimum atomic E-state index is 0. The molecule has 0 atom stereocenters. The van der Waals surface area contributed by atoms with Crippen LogP contribution in [0.2, 0.25) is 0 Å². The van der Waals surface area contributed by atoms with Crippen LogP contribution in [0.5, 0.6) is 0 Å². The van der Waals surface area contributed by atoms with E-state index in [9.17, 15) is 0 Å². The van der Waals surface area contributed by atoms with Crippen molar-refractivity contribution in [3.63, 3.8) is 0 Å². The van der Waals surface area contributed by atoms with E-state index in [2.05, 4.69) is 48.5 Å². The minimum Gasteiger partial charge on any atom is -0.747 e. The smallest absolute Gasteiger partial charge is 0 e. The zero-order valence-corrected chi connectivity index (χ0v) is 12.4. The maximum atomic E-state index is 2.18. The molecule has 0 aliphatic rings. The Morgan fingerprint density at radius 3 is 2.12 bits per heavy atom. The number of unbranched alkanes of at least 4 members (excludes halogenated alkanes) is 1. The van der Waals surface area contributed by atoms with Crippen molar-refractivity contribution in [2.45, 2.75) is 22.6 Å². The molecule has 0 aromatic heterocycles. The molecular formula is C14H16FeS2-6. The summed E-state index contributed by atoms with van der Waals surface area (Å²) in [5.74, 6) is 2.48. The van der Waals surface area contributed by atoms with E-state index in [1.807, 2.05) is 23.5 Å². The van der Waals surface area contributed by atoms with Gasteiger partial charge >= 0.3 is 0 Å². The zero-order chi connectivity index (χ0) is 11.1. The second kappa shape index (κ2) is 8.93. The average Bonchev–Trinajstić information content (AvgIpc) is 2.96. The number of hydrogen-bond acceptors (Lipinski definition) is 2. The van der Waals surface area contributed by atoms with Gasteiger partial charge in [0.05, 0.1) is 0 Å². The van der Waals surface area contributed by atoms with Gasteiger partial charge in [-0.05, 0) is 24.3 Å². The first-order chi connectivity index (χ1) is 7.95. The second-order valence-electron chi connectivity index (χ2n) is 3.65. The van der Waals surface area contributed by atoms with Crippen molar-refractivity contribution in [2.75, 3.05) is 11.5 Å². The van der Waals surface area contributed by atoms with E-state index in [4.69, 9.17) is 0 Å². The van der Waals surface area contributed by atoms with Gasteiger partial charge in [0.15, 0.2) is 0 Å². The molecule has 98 valence electrons. The molecule has 17 heavy (non-hydrogen) atoms.